The van der Waals surface area contributed by atoms with Crippen LogP contribution in [0, 0.1) is 13.8 Å². The predicted octanol–water partition coefficient (Wildman–Crippen LogP) is 0.979. The second-order valence-corrected chi connectivity index (χ2v) is 9.72. The maximum Gasteiger partial charge on any atom is 0.328 e. The number of nitrogens with one attached hydrogen (secondary N) is 4. The van der Waals surface area contributed by atoms with Crippen molar-refractivity contribution in [3.63, 3.8) is 0 Å². The van der Waals surface area contributed by atoms with Gasteiger partial charge in [-0.25, -0.2) is 35.9 Å². The number of amides is 4. The molecule has 2 rings (SSSR count). The summed E-state index contributed by atoms with van der Waals surface area (Å²) >= 11 is 0. The maximum absolute atomic E-state index is 12.1. The zero-order valence-corrected chi connectivity index (χ0v) is 17.9. The van der Waals surface area contributed by atoms with E-state index in [9.17, 15) is 26.4 Å². The van der Waals surface area contributed by atoms with Gasteiger partial charge < -0.3 is 10.6 Å². The van der Waals surface area contributed by atoms with Crippen LogP contribution in [-0.4, -0.2) is 42.0 Å². The first-order valence-electron chi connectivity index (χ1n) is 8.74. The highest BCUT2D eigenvalue weighted by Gasteiger charge is 2.18. The first-order chi connectivity index (χ1) is 14.0. The lowest BCUT2D eigenvalue weighted by Gasteiger charge is -2.11. The Morgan fingerprint density at radius 2 is 1.07 bits per heavy atom. The van der Waals surface area contributed by atoms with Crippen molar-refractivity contribution in [3.05, 3.63) is 59.7 Å². The van der Waals surface area contributed by atoms with Crippen molar-refractivity contribution >= 4 is 32.1 Å². The number of hydrogen-bond acceptors (Lipinski definition) is 6. The first-order valence-corrected chi connectivity index (χ1v) is 11.7. The Kier molecular flexibility index (Phi) is 7.40. The molecule has 4 amide bonds. The molecule has 10 nitrogen and oxygen atoms in total. The fourth-order valence-electron chi connectivity index (χ4n) is 2.35. The van der Waals surface area contributed by atoms with E-state index in [4.69, 9.17) is 0 Å². The van der Waals surface area contributed by atoms with Crippen LogP contribution in [0.1, 0.15) is 11.1 Å². The largest absolute Gasteiger partial charge is 0.336 e. The van der Waals surface area contributed by atoms with Gasteiger partial charge in [-0.2, -0.15) is 0 Å². The number of carbonyl (C=O) groups excluding carboxylic acids is 2. The molecule has 0 spiro atoms. The minimum Gasteiger partial charge on any atom is -0.336 e. The monoisotopic (exact) mass is 454 g/mol. The molecule has 0 saturated heterocycles. The minimum atomic E-state index is -4.03. The Balaban J connectivity index is 1.79. The number of carbonyl (C=O) groups is 2. The van der Waals surface area contributed by atoms with E-state index in [1.54, 1.807) is 38.1 Å². The van der Waals surface area contributed by atoms with Crippen molar-refractivity contribution in [1.29, 1.82) is 0 Å². The van der Waals surface area contributed by atoms with Crippen molar-refractivity contribution in [3.8, 4) is 0 Å². The number of hydrogen-bond donors (Lipinski definition) is 4. The number of aryl methyl sites for hydroxylation is 2. The summed E-state index contributed by atoms with van der Waals surface area (Å²) in [7, 11) is -8.07. The standard InChI is InChI=1S/C18H22N4O6S2/c1-13-5-3-7-15(11-13)29(25,26)21-17(23)19-9-10-20-18(24)22-30(27,28)16-8-4-6-14(2)12-16/h3-8,11-12H,9-10H2,1-2H3,(H2,19,21,23)(H2,20,22,24). The summed E-state index contributed by atoms with van der Waals surface area (Å²) in [6.45, 7) is 3.17. The second kappa shape index (κ2) is 9.59. The Bertz CT molecular complexity index is 1060. The second-order valence-electron chi connectivity index (χ2n) is 6.36. The number of sulfonamides is 2. The lowest BCUT2D eigenvalue weighted by Crippen LogP contribution is -2.45. The fourth-order valence-corrected chi connectivity index (χ4v) is 4.42. The van der Waals surface area contributed by atoms with Crippen LogP contribution in [0.5, 0.6) is 0 Å². The highest BCUT2D eigenvalue weighted by atomic mass is 32.2. The van der Waals surface area contributed by atoms with Crippen LogP contribution in [-0.2, 0) is 20.0 Å². The smallest absolute Gasteiger partial charge is 0.328 e. The third kappa shape index (κ3) is 6.74. The van der Waals surface area contributed by atoms with Crippen molar-refractivity contribution in [2.75, 3.05) is 13.1 Å². The molecule has 0 radical (unpaired) electrons. The van der Waals surface area contributed by atoms with Crippen LogP contribution >= 0.6 is 0 Å². The average molecular weight is 455 g/mol. The molecule has 30 heavy (non-hydrogen) atoms. The summed E-state index contributed by atoms with van der Waals surface area (Å²) in [5.74, 6) is 0. The first kappa shape index (κ1) is 23.2. The van der Waals surface area contributed by atoms with E-state index in [0.717, 1.165) is 0 Å². The molecule has 0 aliphatic rings. The molecule has 0 fully saturated rings. The lowest BCUT2D eigenvalue weighted by atomic mass is 10.2. The Morgan fingerprint density at radius 1 is 0.700 bits per heavy atom. The maximum atomic E-state index is 12.1. The summed E-state index contributed by atoms with van der Waals surface area (Å²) in [4.78, 5) is 23.4. The van der Waals surface area contributed by atoms with Gasteiger partial charge in [-0.1, -0.05) is 24.3 Å². The van der Waals surface area contributed by atoms with Crippen LogP contribution in [0.15, 0.2) is 58.3 Å². The number of rotatable bonds is 7. The fraction of sp³-hybridized carbons (Fsp3) is 0.222. The van der Waals surface area contributed by atoms with Gasteiger partial charge in [0.2, 0.25) is 0 Å². The molecule has 2 aromatic rings. The average Bonchev–Trinajstić information content (AvgIpc) is 2.64. The van der Waals surface area contributed by atoms with Crippen LogP contribution in [0.4, 0.5) is 9.59 Å². The SMILES string of the molecule is Cc1cccc(S(=O)(=O)NC(=O)NCCNC(=O)NS(=O)(=O)c2cccc(C)c2)c1. The van der Waals surface area contributed by atoms with Gasteiger partial charge in [0.1, 0.15) is 0 Å². The van der Waals surface area contributed by atoms with Crippen molar-refractivity contribution < 1.29 is 26.4 Å². The van der Waals surface area contributed by atoms with Gasteiger partial charge in [0.15, 0.2) is 0 Å². The van der Waals surface area contributed by atoms with Gasteiger partial charge in [-0.15, -0.1) is 0 Å². The topological polar surface area (TPSA) is 151 Å². The van der Waals surface area contributed by atoms with Gasteiger partial charge in [0, 0.05) is 13.1 Å². The van der Waals surface area contributed by atoms with Crippen LogP contribution in [0.25, 0.3) is 0 Å². The van der Waals surface area contributed by atoms with E-state index in [1.165, 1.54) is 24.3 Å². The summed E-state index contributed by atoms with van der Waals surface area (Å²) in [6.07, 6.45) is 0. The van der Waals surface area contributed by atoms with Crippen molar-refractivity contribution in [2.24, 2.45) is 0 Å². The Labute approximate surface area is 175 Å². The number of benzene rings is 2. The van der Waals surface area contributed by atoms with E-state index in [2.05, 4.69) is 10.6 Å². The summed E-state index contributed by atoms with van der Waals surface area (Å²) in [5, 5.41) is 4.52. The van der Waals surface area contributed by atoms with Gasteiger partial charge in [0.25, 0.3) is 20.0 Å². The summed E-state index contributed by atoms with van der Waals surface area (Å²) < 4.78 is 52.2. The van der Waals surface area contributed by atoms with Gasteiger partial charge >= 0.3 is 12.1 Å². The molecule has 0 unspecified atom stereocenters. The molecular formula is C18H22N4O6S2. The molecule has 0 aliphatic heterocycles. The van der Waals surface area contributed by atoms with E-state index in [1.807, 2.05) is 9.44 Å². The third-order valence-corrected chi connectivity index (χ3v) is 6.41. The Hall–Kier alpha value is -3.12. The lowest BCUT2D eigenvalue weighted by molar-refractivity contribution is 0.241. The van der Waals surface area contributed by atoms with Crippen LogP contribution in [0.3, 0.4) is 0 Å². The molecule has 4 N–H and O–H groups in total. The molecule has 0 aromatic heterocycles. The van der Waals surface area contributed by atoms with Crippen LogP contribution in [0.2, 0.25) is 0 Å². The van der Waals surface area contributed by atoms with Crippen molar-refractivity contribution in [1.82, 2.24) is 20.1 Å². The molecule has 0 heterocycles. The van der Waals surface area contributed by atoms with Crippen LogP contribution < -0.4 is 20.1 Å². The Morgan fingerprint density at radius 3 is 1.40 bits per heavy atom. The molecule has 0 aliphatic carbocycles. The van der Waals surface area contributed by atoms with Crippen molar-refractivity contribution in [2.45, 2.75) is 23.6 Å². The normalized spacial score (nSPS) is 11.4. The predicted molar refractivity (Wildman–Crippen MR) is 110 cm³/mol. The van der Waals surface area contributed by atoms with Gasteiger partial charge in [-0.3, -0.25) is 0 Å². The van der Waals surface area contributed by atoms with E-state index in [-0.39, 0.29) is 22.9 Å². The molecule has 0 atom stereocenters. The van der Waals surface area contributed by atoms with E-state index < -0.39 is 32.1 Å². The van der Waals surface area contributed by atoms with Gasteiger partial charge in [0.05, 0.1) is 9.79 Å². The van der Waals surface area contributed by atoms with E-state index >= 15 is 0 Å². The molecule has 2 aromatic carbocycles. The number of urea groups is 2. The molecular weight excluding hydrogens is 432 g/mol. The summed E-state index contributed by atoms with van der Waals surface area (Å²) in [6, 6.07) is 10.1. The van der Waals surface area contributed by atoms with Gasteiger partial charge in [-0.05, 0) is 49.2 Å². The molecule has 162 valence electrons. The zero-order chi connectivity index (χ0) is 22.4. The zero-order valence-electron chi connectivity index (χ0n) is 16.3. The highest BCUT2D eigenvalue weighted by molar-refractivity contribution is 7.90. The molecule has 0 bridgehead atoms. The van der Waals surface area contributed by atoms with E-state index in [0.29, 0.717) is 11.1 Å². The highest BCUT2D eigenvalue weighted by Crippen LogP contribution is 2.11. The summed E-state index contributed by atoms with van der Waals surface area (Å²) in [5.41, 5.74) is 1.43. The molecule has 0 saturated carbocycles. The minimum absolute atomic E-state index is 0.0588. The third-order valence-electron chi connectivity index (χ3n) is 3.75. The quantitative estimate of drug-likeness (QED) is 0.458. The molecule has 12 heteroatoms.